The first-order valence-corrected chi connectivity index (χ1v) is 27.7. The molecule has 0 radical (unpaired) electrons. The van der Waals surface area contributed by atoms with Gasteiger partial charge in [-0.05, 0) is 73.8 Å². The molecule has 2 fully saturated rings. The van der Waals surface area contributed by atoms with Gasteiger partial charge in [-0.2, -0.15) is 59.0 Å². The Morgan fingerprint density at radius 3 is 1.16 bits per heavy atom. The number of carbonyl (C=O) groups is 2. The molecule has 0 bridgehead atoms. The second kappa shape index (κ2) is 27.5. The molecule has 6 aromatic heterocycles. The third kappa shape index (κ3) is 18.9. The van der Waals surface area contributed by atoms with Gasteiger partial charge in [0.05, 0.1) is 11.4 Å². The number of aromatic nitrogens is 8. The molecule has 8 heterocycles. The molecule has 2 saturated heterocycles. The Bertz CT molecular complexity index is 2850. The molecule has 0 aromatic carbocycles. The number of halogens is 6. The lowest BCUT2D eigenvalue weighted by Crippen LogP contribution is -2.47. The van der Waals surface area contributed by atoms with Crippen molar-refractivity contribution in [3.8, 4) is 22.5 Å². The number of anilines is 2. The van der Waals surface area contributed by atoms with E-state index in [4.69, 9.17) is 10.2 Å². The highest BCUT2D eigenvalue weighted by Crippen LogP contribution is 2.34. The minimum absolute atomic E-state index is 0.197. The van der Waals surface area contributed by atoms with Crippen molar-refractivity contribution in [3.63, 3.8) is 0 Å². The molecule has 2 aliphatic rings. The van der Waals surface area contributed by atoms with Crippen LogP contribution in [-0.4, -0.2) is 136 Å². The molecular weight excluding hydrogens is 1090 g/mol. The Labute approximate surface area is 467 Å². The number of carboxylic acid groups (broad SMARTS) is 2. The second-order valence-electron chi connectivity index (χ2n) is 21.0. The van der Waals surface area contributed by atoms with E-state index in [9.17, 15) is 45.5 Å². The molecule has 8 rings (SSSR count). The first-order valence-electron chi connectivity index (χ1n) is 25.9. The van der Waals surface area contributed by atoms with Crippen molar-refractivity contribution >= 4 is 46.2 Å². The maximum Gasteiger partial charge on any atom is 0.433 e. The number of piperazine rings is 2. The standard InChI is InChI=1S/2C25H31F3N6OS.C4H4O4/c2*1-24(2,3)22-30-20(25(26,27)28)16-21(31-22)33-13-11-32(12-14-33)8-4-5-9-34-10-6-19(29-23(34)35)18-7-15-36-17-18;5-3(6)1-2-4(7)8/h2*6-7,10,15-17H,4-5,8-9,11-14H2,1-3H3;1-2H,(H,5,6)(H,7,8)/b;;2-1+. The van der Waals surface area contributed by atoms with E-state index in [1.165, 1.54) is 0 Å². The average Bonchev–Trinajstić information content (AvgIpc) is 4.16. The van der Waals surface area contributed by atoms with Crippen LogP contribution in [-0.2, 0) is 45.9 Å². The maximum atomic E-state index is 13.4. The van der Waals surface area contributed by atoms with Crippen molar-refractivity contribution in [2.24, 2.45) is 0 Å². The van der Waals surface area contributed by atoms with Gasteiger partial charge < -0.3 is 20.0 Å². The predicted octanol–water partition coefficient (Wildman–Crippen LogP) is 9.07. The number of aliphatic carboxylic acids is 2. The minimum atomic E-state index is -4.51. The van der Waals surface area contributed by atoms with Gasteiger partial charge in [-0.3, -0.25) is 18.9 Å². The van der Waals surface area contributed by atoms with Gasteiger partial charge in [-0.1, -0.05) is 41.5 Å². The van der Waals surface area contributed by atoms with Crippen molar-refractivity contribution in [1.82, 2.24) is 48.8 Å². The molecule has 6 aromatic rings. The molecule has 2 N–H and O–H groups in total. The summed E-state index contributed by atoms with van der Waals surface area (Å²) in [4.78, 5) is 77.0. The number of aryl methyl sites for hydroxylation is 2. The fourth-order valence-electron chi connectivity index (χ4n) is 8.27. The number of hydrogen-bond acceptors (Lipinski definition) is 16. The number of carboxylic acids is 2. The van der Waals surface area contributed by atoms with Crippen LogP contribution in [0.25, 0.3) is 22.5 Å². The Hall–Kier alpha value is -6.90. The predicted molar refractivity (Wildman–Crippen MR) is 295 cm³/mol. The third-order valence-corrected chi connectivity index (χ3v) is 14.1. The molecule has 0 saturated carbocycles. The molecule has 80 heavy (non-hydrogen) atoms. The summed E-state index contributed by atoms with van der Waals surface area (Å²) in [6.45, 7) is 19.2. The normalized spacial score (nSPS) is 14.8. The van der Waals surface area contributed by atoms with E-state index in [0.29, 0.717) is 74.4 Å². The Morgan fingerprint density at radius 1 is 0.525 bits per heavy atom. The van der Waals surface area contributed by atoms with Crippen molar-refractivity contribution < 1.29 is 46.1 Å². The maximum absolute atomic E-state index is 13.4. The molecular formula is C54H66F6N12O6S2. The number of hydrogen-bond donors (Lipinski definition) is 2. The molecule has 432 valence electrons. The fraction of sp³-hybridized carbons (Fsp3) is 0.481. The Morgan fingerprint density at radius 2 is 0.875 bits per heavy atom. The highest BCUT2D eigenvalue weighted by molar-refractivity contribution is 7.08. The summed E-state index contributed by atoms with van der Waals surface area (Å²) in [5, 5.41) is 23.5. The number of nitrogens with zero attached hydrogens (tertiary/aromatic N) is 12. The molecule has 0 amide bonds. The number of thiophene rings is 2. The summed E-state index contributed by atoms with van der Waals surface area (Å²) in [5.74, 6) is -1.45. The molecule has 0 aliphatic carbocycles. The van der Waals surface area contributed by atoms with E-state index in [1.807, 2.05) is 97.1 Å². The van der Waals surface area contributed by atoms with E-state index in [0.717, 1.165) is 88.2 Å². The highest BCUT2D eigenvalue weighted by Gasteiger charge is 2.37. The van der Waals surface area contributed by atoms with Gasteiger partial charge in [0.15, 0.2) is 0 Å². The van der Waals surface area contributed by atoms with Crippen LogP contribution in [0, 0.1) is 0 Å². The highest BCUT2D eigenvalue weighted by atomic mass is 32.1. The summed E-state index contributed by atoms with van der Waals surface area (Å²) in [7, 11) is 0. The second-order valence-corrected chi connectivity index (χ2v) is 22.6. The lowest BCUT2D eigenvalue weighted by Gasteiger charge is -2.36. The van der Waals surface area contributed by atoms with Gasteiger partial charge in [-0.15, -0.1) is 0 Å². The number of alkyl halides is 6. The van der Waals surface area contributed by atoms with E-state index in [2.05, 4.69) is 39.7 Å². The van der Waals surface area contributed by atoms with Crippen LogP contribution in [0.2, 0.25) is 0 Å². The van der Waals surface area contributed by atoms with E-state index in [1.54, 1.807) is 44.2 Å². The first-order chi connectivity index (χ1) is 37.6. The molecule has 0 atom stereocenters. The first kappa shape index (κ1) is 62.3. The summed E-state index contributed by atoms with van der Waals surface area (Å²) >= 11 is 3.14. The minimum Gasteiger partial charge on any atom is -0.478 e. The van der Waals surface area contributed by atoms with Crippen LogP contribution in [0.4, 0.5) is 38.0 Å². The van der Waals surface area contributed by atoms with Gasteiger partial charge in [0.25, 0.3) is 0 Å². The lowest BCUT2D eigenvalue weighted by molar-refractivity contribution is -0.142. The van der Waals surface area contributed by atoms with Crippen LogP contribution < -0.4 is 21.2 Å². The van der Waals surface area contributed by atoms with Crippen molar-refractivity contribution in [2.75, 3.05) is 75.2 Å². The van der Waals surface area contributed by atoms with Gasteiger partial charge in [0.1, 0.15) is 34.7 Å². The van der Waals surface area contributed by atoms with Crippen LogP contribution >= 0.6 is 22.7 Å². The number of unbranched alkanes of at least 4 members (excludes halogenated alkanes) is 2. The summed E-state index contributed by atoms with van der Waals surface area (Å²) in [6.07, 6.45) is -0.803. The molecule has 26 heteroatoms. The van der Waals surface area contributed by atoms with E-state index < -0.39 is 46.5 Å². The zero-order valence-corrected chi connectivity index (χ0v) is 47.0. The Kier molecular flexibility index (Phi) is 21.4. The topological polar surface area (TPSA) is 209 Å². The fourth-order valence-corrected chi connectivity index (χ4v) is 9.57. The summed E-state index contributed by atoms with van der Waals surface area (Å²) in [5.41, 5.74) is -0.161. The average molecular weight is 1160 g/mol. The quantitative estimate of drug-likeness (QED) is 0.0526. The Balaban J connectivity index is 0.000000227. The van der Waals surface area contributed by atoms with E-state index in [-0.39, 0.29) is 23.0 Å². The van der Waals surface area contributed by atoms with Crippen LogP contribution in [0.3, 0.4) is 0 Å². The zero-order chi connectivity index (χ0) is 58.4. The summed E-state index contributed by atoms with van der Waals surface area (Å²) in [6, 6.07) is 9.73. The summed E-state index contributed by atoms with van der Waals surface area (Å²) < 4.78 is 83.8. The largest absolute Gasteiger partial charge is 0.478 e. The molecule has 0 spiro atoms. The van der Waals surface area contributed by atoms with Crippen LogP contribution in [0.1, 0.15) is 90.3 Å². The number of rotatable bonds is 16. The van der Waals surface area contributed by atoms with Crippen LogP contribution in [0.15, 0.2) is 92.1 Å². The SMILES string of the molecule is CC(C)(C)c1nc(N2CCN(CCCCn3ccc(-c4ccsc4)nc3=O)CC2)cc(C(F)(F)F)n1.CC(C)(C)c1nc(N2CCN(CCCCn3ccc(-c4ccsc4)nc3=O)CC2)cc(C(F)(F)F)n1.O=C(O)/C=C/C(=O)O. The zero-order valence-electron chi connectivity index (χ0n) is 45.4. The van der Waals surface area contributed by atoms with Crippen molar-refractivity contribution in [1.29, 1.82) is 0 Å². The van der Waals surface area contributed by atoms with Gasteiger partial charge in [0.2, 0.25) is 0 Å². The van der Waals surface area contributed by atoms with Gasteiger partial charge >= 0.3 is 35.7 Å². The van der Waals surface area contributed by atoms with E-state index >= 15 is 0 Å². The third-order valence-electron chi connectivity index (χ3n) is 12.7. The van der Waals surface area contributed by atoms with Crippen LogP contribution in [0.5, 0.6) is 0 Å². The van der Waals surface area contributed by atoms with Gasteiger partial charge in [0, 0.05) is 135 Å². The molecule has 18 nitrogen and oxygen atoms in total. The smallest absolute Gasteiger partial charge is 0.433 e. The van der Waals surface area contributed by atoms with Crippen molar-refractivity contribution in [2.45, 2.75) is 103 Å². The molecule has 2 aliphatic heterocycles. The monoisotopic (exact) mass is 1160 g/mol. The van der Waals surface area contributed by atoms with Gasteiger partial charge in [-0.25, -0.2) is 39.1 Å². The lowest BCUT2D eigenvalue weighted by atomic mass is 9.95. The molecule has 0 unspecified atom stereocenters. The van der Waals surface area contributed by atoms with Crippen molar-refractivity contribution in [3.05, 3.63) is 126 Å².